The minimum Gasteiger partial charge on any atom is -0.374 e. The van der Waals surface area contributed by atoms with Crippen molar-refractivity contribution in [1.29, 1.82) is 0 Å². The van der Waals surface area contributed by atoms with Crippen molar-refractivity contribution < 1.29 is 4.74 Å². The molecule has 3 nitrogen and oxygen atoms in total. The number of ether oxygens (including phenoxy) is 1. The zero-order valence-electron chi connectivity index (χ0n) is 13.0. The molecule has 2 aliphatic rings. The lowest BCUT2D eigenvalue weighted by Gasteiger charge is -2.47. The molecule has 2 N–H and O–H groups in total. The van der Waals surface area contributed by atoms with Crippen LogP contribution in [0.25, 0.3) is 0 Å². The Hall–Kier alpha value is -0.120. The molecule has 0 spiro atoms. The van der Waals surface area contributed by atoms with E-state index in [-0.39, 0.29) is 5.54 Å². The average molecular weight is 268 g/mol. The molecule has 0 bridgehead atoms. The van der Waals surface area contributed by atoms with Crippen LogP contribution in [0.4, 0.5) is 0 Å². The van der Waals surface area contributed by atoms with Crippen LogP contribution in [0, 0.1) is 5.92 Å². The first-order valence-corrected chi connectivity index (χ1v) is 8.20. The molecule has 1 saturated heterocycles. The predicted molar refractivity (Wildman–Crippen MR) is 80.2 cm³/mol. The van der Waals surface area contributed by atoms with Gasteiger partial charge in [0.05, 0.1) is 12.2 Å². The first-order chi connectivity index (χ1) is 9.09. The van der Waals surface area contributed by atoms with Crippen LogP contribution in [0.5, 0.6) is 0 Å². The Morgan fingerprint density at radius 2 is 1.84 bits per heavy atom. The molecule has 1 saturated carbocycles. The van der Waals surface area contributed by atoms with Gasteiger partial charge in [-0.2, -0.15) is 0 Å². The van der Waals surface area contributed by atoms with Gasteiger partial charge < -0.3 is 10.5 Å². The van der Waals surface area contributed by atoms with Crippen LogP contribution in [-0.2, 0) is 4.74 Å². The van der Waals surface area contributed by atoms with E-state index >= 15 is 0 Å². The molecule has 2 unspecified atom stereocenters. The summed E-state index contributed by atoms with van der Waals surface area (Å²) in [4.78, 5) is 2.63. The monoisotopic (exact) mass is 268 g/mol. The van der Waals surface area contributed by atoms with Crippen molar-refractivity contribution in [2.75, 3.05) is 19.6 Å². The first kappa shape index (κ1) is 15.3. The first-order valence-electron chi connectivity index (χ1n) is 8.20. The molecule has 19 heavy (non-hydrogen) atoms. The third kappa shape index (κ3) is 3.50. The van der Waals surface area contributed by atoms with E-state index in [1.54, 1.807) is 0 Å². The number of likely N-dealkylation sites (N-methyl/N-ethyl adjacent to an activating group) is 1. The van der Waals surface area contributed by atoms with E-state index in [2.05, 4.69) is 25.7 Å². The highest BCUT2D eigenvalue weighted by molar-refractivity contribution is 4.96. The Labute approximate surface area is 118 Å². The van der Waals surface area contributed by atoms with Crippen LogP contribution >= 0.6 is 0 Å². The normalized spacial score (nSPS) is 39.9. The molecule has 2 rings (SSSR count). The maximum atomic E-state index is 6.18. The highest BCUT2D eigenvalue weighted by Gasteiger charge is 2.39. The summed E-state index contributed by atoms with van der Waals surface area (Å²) in [6.07, 6.45) is 8.50. The Bertz CT molecular complexity index is 274. The Kier molecular flexibility index (Phi) is 5.27. The Balaban J connectivity index is 1.97. The predicted octanol–water partition coefficient (Wildman–Crippen LogP) is 2.78. The summed E-state index contributed by atoms with van der Waals surface area (Å²) < 4.78 is 6.01. The van der Waals surface area contributed by atoms with Gasteiger partial charge in [-0.3, -0.25) is 4.90 Å². The van der Waals surface area contributed by atoms with Crippen molar-refractivity contribution >= 4 is 0 Å². The summed E-state index contributed by atoms with van der Waals surface area (Å²) in [6.45, 7) is 9.81. The second-order valence-electron chi connectivity index (χ2n) is 6.80. The smallest absolute Gasteiger partial charge is 0.0706 e. The molecule has 2 fully saturated rings. The summed E-state index contributed by atoms with van der Waals surface area (Å²) >= 11 is 0. The lowest BCUT2D eigenvalue weighted by atomic mass is 9.76. The van der Waals surface area contributed by atoms with Crippen molar-refractivity contribution in [3.8, 4) is 0 Å². The number of hydrogen-bond donors (Lipinski definition) is 1. The maximum Gasteiger partial charge on any atom is 0.0706 e. The van der Waals surface area contributed by atoms with Gasteiger partial charge in [0.1, 0.15) is 0 Å². The van der Waals surface area contributed by atoms with Crippen molar-refractivity contribution in [2.45, 2.75) is 77.0 Å². The number of nitrogens with zero attached hydrogens (tertiary/aromatic N) is 1. The van der Waals surface area contributed by atoms with Gasteiger partial charge >= 0.3 is 0 Å². The van der Waals surface area contributed by atoms with E-state index in [1.807, 2.05) is 0 Å². The lowest BCUT2D eigenvalue weighted by molar-refractivity contribution is -0.0158. The molecule has 0 aromatic rings. The van der Waals surface area contributed by atoms with Gasteiger partial charge in [0.15, 0.2) is 0 Å². The molecule has 1 aliphatic carbocycles. The molecule has 0 amide bonds. The molecular weight excluding hydrogens is 236 g/mol. The summed E-state index contributed by atoms with van der Waals surface area (Å²) in [6, 6.07) is 0. The average Bonchev–Trinajstić information content (AvgIpc) is 2.83. The van der Waals surface area contributed by atoms with E-state index in [0.29, 0.717) is 12.2 Å². The Morgan fingerprint density at radius 1 is 1.16 bits per heavy atom. The second-order valence-corrected chi connectivity index (χ2v) is 6.80. The van der Waals surface area contributed by atoms with Gasteiger partial charge in [-0.25, -0.2) is 0 Å². The summed E-state index contributed by atoms with van der Waals surface area (Å²) in [5, 5.41) is 0. The van der Waals surface area contributed by atoms with Gasteiger partial charge in [-0.05, 0) is 57.9 Å². The Morgan fingerprint density at radius 3 is 2.32 bits per heavy atom. The molecule has 1 aliphatic heterocycles. The van der Waals surface area contributed by atoms with Crippen LogP contribution in [0.1, 0.15) is 59.3 Å². The number of hydrogen-bond acceptors (Lipinski definition) is 3. The minimum absolute atomic E-state index is 0.246. The fraction of sp³-hybridized carbons (Fsp3) is 1.00. The van der Waals surface area contributed by atoms with Crippen LogP contribution in [0.3, 0.4) is 0 Å². The van der Waals surface area contributed by atoms with Crippen LogP contribution in [-0.4, -0.2) is 42.3 Å². The van der Waals surface area contributed by atoms with Crippen LogP contribution in [0.15, 0.2) is 0 Å². The largest absolute Gasteiger partial charge is 0.374 e. The fourth-order valence-corrected chi connectivity index (χ4v) is 3.87. The highest BCUT2D eigenvalue weighted by atomic mass is 16.5. The molecule has 1 heterocycles. The number of nitrogens with two attached hydrogens (primary N) is 1. The quantitative estimate of drug-likeness (QED) is 0.833. The van der Waals surface area contributed by atoms with Gasteiger partial charge in [0.2, 0.25) is 0 Å². The molecule has 0 aromatic carbocycles. The minimum atomic E-state index is 0.246. The van der Waals surface area contributed by atoms with E-state index in [1.165, 1.54) is 38.5 Å². The van der Waals surface area contributed by atoms with E-state index in [9.17, 15) is 0 Å². The lowest BCUT2D eigenvalue weighted by Crippen LogP contribution is -2.57. The third-order valence-corrected chi connectivity index (χ3v) is 5.38. The zero-order chi connectivity index (χ0) is 13.9. The molecule has 3 heteroatoms. The third-order valence-electron chi connectivity index (χ3n) is 5.38. The zero-order valence-corrected chi connectivity index (χ0v) is 13.0. The second kappa shape index (κ2) is 6.55. The molecule has 0 radical (unpaired) electrons. The SMILES string of the molecule is CCN(CC1CCC(C)O1)C1(CN)CCC(C)CC1. The van der Waals surface area contributed by atoms with Gasteiger partial charge in [-0.15, -0.1) is 0 Å². The van der Waals surface area contributed by atoms with Gasteiger partial charge in [-0.1, -0.05) is 13.8 Å². The van der Waals surface area contributed by atoms with E-state index < -0.39 is 0 Å². The molecule has 0 aromatic heterocycles. The van der Waals surface area contributed by atoms with E-state index in [0.717, 1.165) is 25.6 Å². The molecular formula is C16H32N2O. The molecule has 112 valence electrons. The van der Waals surface area contributed by atoms with Crippen molar-refractivity contribution in [3.05, 3.63) is 0 Å². The van der Waals surface area contributed by atoms with Crippen molar-refractivity contribution in [1.82, 2.24) is 4.90 Å². The summed E-state index contributed by atoms with van der Waals surface area (Å²) in [7, 11) is 0. The topological polar surface area (TPSA) is 38.5 Å². The standard InChI is InChI=1S/C16H32N2O/c1-4-18(11-15-6-5-14(3)19-15)16(12-17)9-7-13(2)8-10-16/h13-15H,4-12,17H2,1-3H3. The van der Waals surface area contributed by atoms with Crippen LogP contribution in [0.2, 0.25) is 0 Å². The van der Waals surface area contributed by atoms with Gasteiger partial charge in [0.25, 0.3) is 0 Å². The van der Waals surface area contributed by atoms with E-state index in [4.69, 9.17) is 10.5 Å². The molecule has 2 atom stereocenters. The van der Waals surface area contributed by atoms with Gasteiger partial charge in [0, 0.05) is 18.6 Å². The number of rotatable bonds is 5. The summed E-state index contributed by atoms with van der Waals surface area (Å²) in [5.41, 5.74) is 6.43. The van der Waals surface area contributed by atoms with Crippen molar-refractivity contribution in [3.63, 3.8) is 0 Å². The highest BCUT2D eigenvalue weighted by Crippen LogP contribution is 2.36. The fourth-order valence-electron chi connectivity index (χ4n) is 3.87. The van der Waals surface area contributed by atoms with Crippen LogP contribution < -0.4 is 5.73 Å². The summed E-state index contributed by atoms with van der Waals surface area (Å²) in [5.74, 6) is 0.876. The maximum absolute atomic E-state index is 6.18. The van der Waals surface area contributed by atoms with Crippen molar-refractivity contribution in [2.24, 2.45) is 11.7 Å².